The summed E-state index contributed by atoms with van der Waals surface area (Å²) in [6.45, 7) is 4.60. The molecule has 0 aromatic heterocycles. The number of β-amino-alcohol motifs (C(OH)–C–C–N with tert-alkyl or cyclic N) is 1. The minimum absolute atomic E-state index is 0.113. The van der Waals surface area contributed by atoms with Crippen LogP contribution in [0.4, 0.5) is 0 Å². The van der Waals surface area contributed by atoms with Crippen molar-refractivity contribution in [3.8, 4) is 0 Å². The average molecular weight is 394 g/mol. The molecule has 157 valence electrons. The van der Waals surface area contributed by atoms with E-state index in [-0.39, 0.29) is 17.9 Å². The Morgan fingerprint density at radius 2 is 2.00 bits per heavy atom. The van der Waals surface area contributed by atoms with E-state index in [4.69, 9.17) is 10.5 Å². The van der Waals surface area contributed by atoms with Crippen LogP contribution in [0.3, 0.4) is 0 Å². The molecule has 1 radical (unpaired) electrons. The molecule has 2 bridgehead atoms. The fraction of sp³-hybridized carbons (Fsp3) is 0.850. The Hall–Kier alpha value is -1.22. The van der Waals surface area contributed by atoms with Crippen LogP contribution in [0.2, 0.25) is 0 Å². The summed E-state index contributed by atoms with van der Waals surface area (Å²) in [4.78, 5) is 30.9. The fourth-order valence-corrected chi connectivity index (χ4v) is 5.43. The minimum atomic E-state index is -0.601. The second kappa shape index (κ2) is 8.26. The van der Waals surface area contributed by atoms with Crippen LogP contribution in [-0.2, 0) is 14.3 Å². The van der Waals surface area contributed by atoms with Gasteiger partial charge < -0.3 is 20.5 Å². The summed E-state index contributed by atoms with van der Waals surface area (Å²) in [5.74, 6) is -0.151. The number of hydrogen-bond acceptors (Lipinski definition) is 6. The van der Waals surface area contributed by atoms with Gasteiger partial charge in [0.05, 0.1) is 6.10 Å². The highest BCUT2D eigenvalue weighted by Gasteiger charge is 2.53. The molecule has 2 amide bonds. The van der Waals surface area contributed by atoms with Crippen LogP contribution in [0.5, 0.6) is 0 Å². The van der Waals surface area contributed by atoms with Crippen molar-refractivity contribution in [2.24, 2.45) is 5.73 Å². The Kier molecular flexibility index (Phi) is 5.92. The summed E-state index contributed by atoms with van der Waals surface area (Å²) in [7, 11) is 0. The Bertz CT molecular complexity index is 585. The molecule has 4 fully saturated rings. The van der Waals surface area contributed by atoms with Gasteiger partial charge in [-0.15, -0.1) is 0 Å². The minimum Gasteiger partial charge on any atom is -0.390 e. The number of piperazine rings is 1. The van der Waals surface area contributed by atoms with Gasteiger partial charge in [0.25, 0.3) is 5.91 Å². The van der Waals surface area contributed by atoms with Gasteiger partial charge >= 0.3 is 0 Å². The molecule has 4 atom stereocenters. The molecular weight excluding hydrogens is 360 g/mol. The molecule has 0 spiro atoms. The van der Waals surface area contributed by atoms with Crippen LogP contribution in [0.15, 0.2) is 0 Å². The van der Waals surface area contributed by atoms with E-state index in [0.717, 1.165) is 45.2 Å². The highest BCUT2D eigenvalue weighted by Crippen LogP contribution is 2.43. The predicted molar refractivity (Wildman–Crippen MR) is 103 cm³/mol. The van der Waals surface area contributed by atoms with Crippen LogP contribution >= 0.6 is 0 Å². The number of nitrogens with two attached hydrogens (primary N) is 1. The largest absolute Gasteiger partial charge is 0.390 e. The number of fused-ring (bicyclic) bond motifs is 2. The van der Waals surface area contributed by atoms with Gasteiger partial charge in [0.1, 0.15) is 11.6 Å². The number of aliphatic hydroxyl groups is 1. The lowest BCUT2D eigenvalue weighted by Crippen LogP contribution is -2.60. The second-order valence-corrected chi connectivity index (χ2v) is 8.75. The summed E-state index contributed by atoms with van der Waals surface area (Å²) >= 11 is 0. The normalized spacial score (nSPS) is 35.2. The smallest absolute Gasteiger partial charge is 0.251 e. The molecule has 3 N–H and O–H groups in total. The number of hydrogen-bond donors (Lipinski definition) is 2. The first kappa shape index (κ1) is 20.1. The van der Waals surface area contributed by atoms with Crippen molar-refractivity contribution < 1.29 is 19.4 Å². The molecule has 0 aliphatic carbocycles. The predicted octanol–water partition coefficient (Wildman–Crippen LogP) is -0.643. The molecule has 0 saturated carbocycles. The van der Waals surface area contributed by atoms with Gasteiger partial charge in [-0.25, -0.2) is 0 Å². The first-order chi connectivity index (χ1) is 13.5. The number of primary amides is 1. The second-order valence-electron chi connectivity index (χ2n) is 8.75. The SMILES string of the molecule is NC(=O)[C@]12C[CH]C[C@H](CC1)N2C[C@H](O)CN1CCN(C(=O)[C@H]2CCCO2)CC1. The van der Waals surface area contributed by atoms with E-state index in [9.17, 15) is 14.7 Å². The van der Waals surface area contributed by atoms with Gasteiger partial charge in [-0.2, -0.15) is 0 Å². The number of amides is 2. The lowest BCUT2D eigenvalue weighted by molar-refractivity contribution is -0.142. The van der Waals surface area contributed by atoms with Crippen molar-refractivity contribution >= 4 is 11.8 Å². The summed E-state index contributed by atoms with van der Waals surface area (Å²) in [5, 5.41) is 10.7. The molecule has 28 heavy (non-hydrogen) atoms. The average Bonchev–Trinajstić information content (AvgIpc) is 3.27. The molecule has 4 aliphatic heterocycles. The number of rotatable bonds is 6. The summed E-state index contributed by atoms with van der Waals surface area (Å²) < 4.78 is 5.51. The van der Waals surface area contributed by atoms with E-state index >= 15 is 0 Å². The standard InChI is InChI=1S/C20H33N4O4/c21-19(27)20-6-1-3-15(5-7-20)24(20)14-16(25)13-22-8-10-23(11-9-22)18(26)17-4-2-12-28-17/h1,15-17,25H,2-14H2,(H2,21,27)/t15-,16-,17-,20+/m1/s1. The van der Waals surface area contributed by atoms with E-state index < -0.39 is 11.6 Å². The molecule has 4 heterocycles. The van der Waals surface area contributed by atoms with Crippen molar-refractivity contribution in [1.82, 2.24) is 14.7 Å². The molecular formula is C20H33N4O4. The zero-order chi connectivity index (χ0) is 19.7. The van der Waals surface area contributed by atoms with Gasteiger partial charge in [-0.05, 0) is 44.9 Å². The highest BCUT2D eigenvalue weighted by molar-refractivity contribution is 5.85. The van der Waals surface area contributed by atoms with Crippen LogP contribution in [0, 0.1) is 6.42 Å². The van der Waals surface area contributed by atoms with Gasteiger partial charge in [0, 0.05) is 51.9 Å². The summed E-state index contributed by atoms with van der Waals surface area (Å²) in [6.07, 6.45) is 6.59. The van der Waals surface area contributed by atoms with Crippen LogP contribution < -0.4 is 5.73 Å². The lowest BCUT2D eigenvalue weighted by Gasteiger charge is -2.44. The van der Waals surface area contributed by atoms with Gasteiger partial charge in [0.15, 0.2) is 0 Å². The lowest BCUT2D eigenvalue weighted by atomic mass is 9.87. The van der Waals surface area contributed by atoms with Crippen molar-refractivity contribution in [3.63, 3.8) is 0 Å². The quantitative estimate of drug-likeness (QED) is 0.623. The Morgan fingerprint density at radius 3 is 2.68 bits per heavy atom. The Balaban J connectivity index is 1.26. The van der Waals surface area contributed by atoms with E-state index in [0.29, 0.717) is 45.2 Å². The van der Waals surface area contributed by atoms with Crippen LogP contribution in [0.25, 0.3) is 0 Å². The maximum atomic E-state index is 12.4. The van der Waals surface area contributed by atoms with Crippen LogP contribution in [-0.4, -0.2) is 101 Å². The topological polar surface area (TPSA) is 99.3 Å². The highest BCUT2D eigenvalue weighted by atomic mass is 16.5. The summed E-state index contributed by atoms with van der Waals surface area (Å²) in [6, 6.07) is 0.316. The van der Waals surface area contributed by atoms with Crippen molar-refractivity contribution in [2.75, 3.05) is 45.9 Å². The number of piperidine rings is 1. The van der Waals surface area contributed by atoms with E-state index in [1.54, 1.807) is 0 Å². The van der Waals surface area contributed by atoms with Gasteiger partial charge in [0.2, 0.25) is 5.91 Å². The molecule has 0 aromatic rings. The molecule has 0 unspecified atom stereocenters. The summed E-state index contributed by atoms with van der Waals surface area (Å²) in [5.41, 5.74) is 5.14. The molecule has 0 aromatic carbocycles. The fourth-order valence-electron chi connectivity index (χ4n) is 5.43. The zero-order valence-electron chi connectivity index (χ0n) is 16.6. The third-order valence-electron chi connectivity index (χ3n) is 7.03. The number of ether oxygens (including phenoxy) is 1. The van der Waals surface area contributed by atoms with Gasteiger partial charge in [-0.3, -0.25) is 19.4 Å². The number of nitrogens with zero attached hydrogens (tertiary/aromatic N) is 3. The van der Waals surface area contributed by atoms with E-state index in [2.05, 4.69) is 16.2 Å². The maximum Gasteiger partial charge on any atom is 0.251 e. The third-order valence-corrected chi connectivity index (χ3v) is 7.03. The maximum absolute atomic E-state index is 12.4. The molecule has 4 aliphatic rings. The monoisotopic (exact) mass is 393 g/mol. The van der Waals surface area contributed by atoms with Crippen molar-refractivity contribution in [1.29, 1.82) is 0 Å². The Morgan fingerprint density at radius 1 is 1.21 bits per heavy atom. The van der Waals surface area contributed by atoms with E-state index in [1.807, 2.05) is 4.90 Å². The number of carbonyl (C=O) groups is 2. The molecule has 8 nitrogen and oxygen atoms in total. The number of aliphatic hydroxyl groups excluding tert-OH is 1. The zero-order valence-corrected chi connectivity index (χ0v) is 16.6. The molecule has 4 saturated heterocycles. The van der Waals surface area contributed by atoms with E-state index in [1.165, 1.54) is 0 Å². The number of carbonyl (C=O) groups excluding carboxylic acids is 2. The third kappa shape index (κ3) is 3.79. The van der Waals surface area contributed by atoms with Crippen molar-refractivity contribution in [3.05, 3.63) is 6.42 Å². The Labute approximate surface area is 167 Å². The molecule has 4 rings (SSSR count). The van der Waals surface area contributed by atoms with Crippen molar-refractivity contribution in [2.45, 2.75) is 62.3 Å². The molecule has 8 heteroatoms. The van der Waals surface area contributed by atoms with Crippen LogP contribution in [0.1, 0.15) is 38.5 Å². The first-order valence-corrected chi connectivity index (χ1v) is 10.7. The first-order valence-electron chi connectivity index (χ1n) is 10.7. The van der Waals surface area contributed by atoms with Gasteiger partial charge in [-0.1, -0.05) is 0 Å².